The lowest BCUT2D eigenvalue weighted by atomic mass is 10.0. The Morgan fingerprint density at radius 3 is 2.96 bits per heavy atom. The molecule has 1 aromatic heterocycles. The third kappa shape index (κ3) is 2.77. The zero-order valence-electron chi connectivity index (χ0n) is 13.3. The van der Waals surface area contributed by atoms with Gasteiger partial charge >= 0.3 is 0 Å². The van der Waals surface area contributed by atoms with E-state index in [2.05, 4.69) is 15.3 Å². The van der Waals surface area contributed by atoms with Crippen molar-refractivity contribution in [3.05, 3.63) is 58.8 Å². The van der Waals surface area contributed by atoms with Crippen LogP contribution in [-0.2, 0) is 13.1 Å². The highest BCUT2D eigenvalue weighted by molar-refractivity contribution is 6.10. The summed E-state index contributed by atoms with van der Waals surface area (Å²) in [4.78, 5) is 22.5. The first-order valence-electron chi connectivity index (χ1n) is 7.52. The second kappa shape index (κ2) is 6.59. The smallest absolute Gasteiger partial charge is 0.260 e. The molecule has 0 saturated heterocycles. The van der Waals surface area contributed by atoms with Crippen molar-refractivity contribution in [3.8, 4) is 0 Å². The van der Waals surface area contributed by atoms with Gasteiger partial charge in [0, 0.05) is 12.1 Å². The van der Waals surface area contributed by atoms with Crippen molar-refractivity contribution in [1.29, 1.82) is 5.41 Å². The molecule has 0 aliphatic carbocycles. The summed E-state index contributed by atoms with van der Waals surface area (Å²) in [6.45, 7) is 1.18. The maximum atomic E-state index is 12.7. The minimum Gasteiger partial charge on any atom is -0.382 e. The van der Waals surface area contributed by atoms with Crippen LogP contribution in [0.3, 0.4) is 0 Å². The third-order valence-electron chi connectivity index (χ3n) is 3.91. The zero-order chi connectivity index (χ0) is 17.1. The van der Waals surface area contributed by atoms with Crippen LogP contribution < -0.4 is 16.0 Å². The number of amides is 1. The Balaban J connectivity index is 1.96. The molecule has 1 aliphatic heterocycles. The number of carbonyl (C=O) groups is 1. The van der Waals surface area contributed by atoms with Crippen LogP contribution in [0.4, 0.5) is 5.82 Å². The molecule has 24 heavy (non-hydrogen) atoms. The lowest BCUT2D eigenvalue weighted by molar-refractivity contribution is 0.0996. The third-order valence-corrected chi connectivity index (χ3v) is 3.91. The molecular formula is C17H18N6O. The van der Waals surface area contributed by atoms with Crippen LogP contribution in [-0.4, -0.2) is 30.1 Å². The number of carbonyl (C=O) groups excluding carboxylic acids is 1. The molecule has 7 heteroatoms. The van der Waals surface area contributed by atoms with Crippen molar-refractivity contribution >= 4 is 23.9 Å². The van der Waals surface area contributed by atoms with Gasteiger partial charge in [0.2, 0.25) is 0 Å². The Bertz CT molecular complexity index is 830. The number of aliphatic imine (C=N–C) groups is 1. The van der Waals surface area contributed by atoms with Crippen LogP contribution in [0.15, 0.2) is 41.4 Å². The second-order valence-corrected chi connectivity index (χ2v) is 5.39. The van der Waals surface area contributed by atoms with Crippen molar-refractivity contribution in [2.75, 3.05) is 11.9 Å². The van der Waals surface area contributed by atoms with Crippen LogP contribution in [0, 0.1) is 5.41 Å². The topological polar surface area (TPSA) is 107 Å². The number of hydrogen-bond acceptors (Lipinski definition) is 4. The molecule has 0 bridgehead atoms. The molecule has 1 amide bonds. The highest BCUT2D eigenvalue weighted by Crippen LogP contribution is 2.29. The molecule has 1 aromatic carbocycles. The summed E-state index contributed by atoms with van der Waals surface area (Å²) in [5, 5.41) is 10.1. The fourth-order valence-corrected chi connectivity index (χ4v) is 2.79. The van der Waals surface area contributed by atoms with Crippen molar-refractivity contribution in [3.63, 3.8) is 0 Å². The number of benzene rings is 1. The summed E-state index contributed by atoms with van der Waals surface area (Å²) in [5.74, 6) is 0.592. The number of rotatable bonds is 5. The predicted octanol–water partition coefficient (Wildman–Crippen LogP) is 1.27. The van der Waals surface area contributed by atoms with Gasteiger partial charge in [-0.2, -0.15) is 0 Å². The van der Waals surface area contributed by atoms with Crippen LogP contribution in [0.2, 0.25) is 0 Å². The molecule has 0 radical (unpaired) electrons. The number of nitrogens with one attached hydrogen (secondary N) is 2. The van der Waals surface area contributed by atoms with Crippen LogP contribution in [0.5, 0.6) is 0 Å². The molecule has 122 valence electrons. The van der Waals surface area contributed by atoms with E-state index < -0.39 is 0 Å². The minimum absolute atomic E-state index is 0.0739. The van der Waals surface area contributed by atoms with E-state index in [0.717, 1.165) is 17.5 Å². The maximum absolute atomic E-state index is 12.7. The summed E-state index contributed by atoms with van der Waals surface area (Å²) >= 11 is 0. The van der Waals surface area contributed by atoms with E-state index in [0.29, 0.717) is 30.2 Å². The van der Waals surface area contributed by atoms with E-state index in [-0.39, 0.29) is 11.7 Å². The van der Waals surface area contributed by atoms with Gasteiger partial charge in [-0.05, 0) is 36.4 Å². The normalized spacial score (nSPS) is 14.0. The average molecular weight is 322 g/mol. The Kier molecular flexibility index (Phi) is 4.35. The molecule has 1 aliphatic rings. The van der Waals surface area contributed by atoms with Crippen LogP contribution >= 0.6 is 0 Å². The number of amidine groups is 1. The van der Waals surface area contributed by atoms with Gasteiger partial charge in [0.25, 0.3) is 5.91 Å². The standard InChI is InChI=1S/C17H18N6O/c1-20-8-11-4-2-5-12-13(11)9-23(17(12)24)15-7-3-6-14(22-15)16(19)21-10-18/h2-7,10,20H,8-9H2,1H3,(H3,18,19,21). The summed E-state index contributed by atoms with van der Waals surface area (Å²) in [7, 11) is 1.88. The average Bonchev–Trinajstić information content (AvgIpc) is 2.94. The van der Waals surface area contributed by atoms with Gasteiger partial charge in [-0.1, -0.05) is 18.2 Å². The quantitative estimate of drug-likeness (QED) is 0.569. The van der Waals surface area contributed by atoms with E-state index in [1.165, 1.54) is 0 Å². The number of anilines is 1. The van der Waals surface area contributed by atoms with Gasteiger partial charge < -0.3 is 11.1 Å². The van der Waals surface area contributed by atoms with Gasteiger partial charge in [0.1, 0.15) is 17.9 Å². The molecule has 2 heterocycles. The lowest BCUT2D eigenvalue weighted by Crippen LogP contribution is -2.25. The van der Waals surface area contributed by atoms with Crippen molar-refractivity contribution < 1.29 is 4.79 Å². The molecule has 0 saturated carbocycles. The van der Waals surface area contributed by atoms with E-state index >= 15 is 0 Å². The number of fused-ring (bicyclic) bond motifs is 1. The Morgan fingerprint density at radius 1 is 1.42 bits per heavy atom. The largest absolute Gasteiger partial charge is 0.382 e. The Hall–Kier alpha value is -3.06. The SMILES string of the molecule is CNCc1cccc2c1CN(c1cccc(C(N)=NC=N)n1)C2=O. The molecule has 7 nitrogen and oxygen atoms in total. The van der Waals surface area contributed by atoms with Crippen molar-refractivity contribution in [2.24, 2.45) is 10.7 Å². The first kappa shape index (κ1) is 15.8. The van der Waals surface area contributed by atoms with Gasteiger partial charge in [-0.25, -0.2) is 9.98 Å². The van der Waals surface area contributed by atoms with Gasteiger partial charge in [-0.15, -0.1) is 0 Å². The van der Waals surface area contributed by atoms with E-state index in [1.54, 1.807) is 23.1 Å². The van der Waals surface area contributed by atoms with Gasteiger partial charge in [0.05, 0.1) is 6.54 Å². The second-order valence-electron chi connectivity index (χ2n) is 5.39. The molecule has 0 unspecified atom stereocenters. The number of nitrogens with two attached hydrogens (primary N) is 1. The summed E-state index contributed by atoms with van der Waals surface area (Å²) in [6, 6.07) is 11.0. The monoisotopic (exact) mass is 322 g/mol. The van der Waals surface area contributed by atoms with Crippen LogP contribution in [0.25, 0.3) is 0 Å². The fraction of sp³-hybridized carbons (Fsp3) is 0.176. The van der Waals surface area contributed by atoms with Crippen molar-refractivity contribution in [2.45, 2.75) is 13.1 Å². The zero-order valence-corrected chi connectivity index (χ0v) is 13.3. The first-order chi connectivity index (χ1) is 11.7. The highest BCUT2D eigenvalue weighted by Gasteiger charge is 2.30. The lowest BCUT2D eigenvalue weighted by Gasteiger charge is -2.15. The van der Waals surface area contributed by atoms with Crippen molar-refractivity contribution in [1.82, 2.24) is 10.3 Å². The molecular weight excluding hydrogens is 304 g/mol. The number of nitrogens with zero attached hydrogens (tertiary/aromatic N) is 3. The fourth-order valence-electron chi connectivity index (χ4n) is 2.79. The van der Waals surface area contributed by atoms with Gasteiger partial charge in [-0.3, -0.25) is 15.1 Å². The first-order valence-corrected chi connectivity index (χ1v) is 7.52. The number of aromatic nitrogens is 1. The predicted molar refractivity (Wildman–Crippen MR) is 93.5 cm³/mol. The van der Waals surface area contributed by atoms with E-state index in [1.807, 2.05) is 25.2 Å². The molecule has 4 N–H and O–H groups in total. The Labute approximate surface area is 139 Å². The molecule has 0 fully saturated rings. The summed E-state index contributed by atoms with van der Waals surface area (Å²) < 4.78 is 0. The molecule has 3 rings (SSSR count). The molecule has 2 aromatic rings. The van der Waals surface area contributed by atoms with E-state index in [9.17, 15) is 4.79 Å². The molecule has 0 atom stereocenters. The van der Waals surface area contributed by atoms with Crippen LogP contribution in [0.1, 0.15) is 27.2 Å². The van der Waals surface area contributed by atoms with Gasteiger partial charge in [0.15, 0.2) is 5.84 Å². The van der Waals surface area contributed by atoms with E-state index in [4.69, 9.17) is 11.1 Å². The number of hydrogen-bond donors (Lipinski definition) is 3. The summed E-state index contributed by atoms with van der Waals surface area (Å²) in [5.41, 5.74) is 9.05. The molecule has 0 spiro atoms. The number of pyridine rings is 1. The minimum atomic E-state index is -0.0739. The summed E-state index contributed by atoms with van der Waals surface area (Å²) in [6.07, 6.45) is 0.866. The highest BCUT2D eigenvalue weighted by atomic mass is 16.2. The Morgan fingerprint density at radius 2 is 2.21 bits per heavy atom. The maximum Gasteiger partial charge on any atom is 0.260 e.